The highest BCUT2D eigenvalue weighted by molar-refractivity contribution is 5.89. The van der Waals surface area contributed by atoms with Crippen molar-refractivity contribution in [3.8, 4) is 0 Å². The zero-order valence-electron chi connectivity index (χ0n) is 12.4. The fourth-order valence-corrected chi connectivity index (χ4v) is 2.87. The van der Waals surface area contributed by atoms with Crippen LogP contribution in [0.1, 0.15) is 47.0 Å². The first-order valence-corrected chi connectivity index (χ1v) is 7.04. The Bertz CT molecular complexity index is 344. The van der Waals surface area contributed by atoms with Gasteiger partial charge in [0.05, 0.1) is 6.10 Å². The molecule has 2 rings (SSSR count). The molecule has 2 fully saturated rings. The van der Waals surface area contributed by atoms with Gasteiger partial charge in [0.1, 0.15) is 5.54 Å². The van der Waals surface area contributed by atoms with Crippen LogP contribution in [-0.2, 0) is 9.53 Å². The van der Waals surface area contributed by atoms with E-state index in [1.807, 2.05) is 20.8 Å². The van der Waals surface area contributed by atoms with Gasteiger partial charge in [-0.3, -0.25) is 4.79 Å². The molecule has 5 heteroatoms. The normalized spacial score (nSPS) is 33.8. The summed E-state index contributed by atoms with van der Waals surface area (Å²) in [5.41, 5.74) is 5.24. The Morgan fingerprint density at radius 3 is 2.47 bits per heavy atom. The van der Waals surface area contributed by atoms with E-state index in [4.69, 9.17) is 10.5 Å². The smallest absolute Gasteiger partial charge is 0.241 e. The van der Waals surface area contributed by atoms with Crippen LogP contribution >= 0.6 is 12.4 Å². The zero-order chi connectivity index (χ0) is 13.6. The summed E-state index contributed by atoms with van der Waals surface area (Å²) < 4.78 is 5.64. The molecule has 3 N–H and O–H groups in total. The van der Waals surface area contributed by atoms with Crippen molar-refractivity contribution in [1.29, 1.82) is 0 Å². The minimum Gasteiger partial charge on any atom is -0.378 e. The predicted octanol–water partition coefficient (Wildman–Crippen LogP) is 1.86. The second kappa shape index (κ2) is 5.58. The molecule has 19 heavy (non-hydrogen) atoms. The molecular weight excluding hydrogens is 264 g/mol. The van der Waals surface area contributed by atoms with E-state index >= 15 is 0 Å². The van der Waals surface area contributed by atoms with Crippen molar-refractivity contribution in [2.75, 3.05) is 6.61 Å². The molecule has 0 spiro atoms. The zero-order valence-corrected chi connectivity index (χ0v) is 13.2. The van der Waals surface area contributed by atoms with Crippen LogP contribution in [0.3, 0.4) is 0 Å². The minimum absolute atomic E-state index is 0. The summed E-state index contributed by atoms with van der Waals surface area (Å²) in [6.45, 7) is 8.77. The molecule has 0 saturated heterocycles. The van der Waals surface area contributed by atoms with Gasteiger partial charge in [0.2, 0.25) is 5.91 Å². The number of halogens is 1. The largest absolute Gasteiger partial charge is 0.378 e. The van der Waals surface area contributed by atoms with E-state index in [-0.39, 0.29) is 35.9 Å². The molecule has 3 atom stereocenters. The number of hydrogen-bond acceptors (Lipinski definition) is 3. The highest BCUT2D eigenvalue weighted by Gasteiger charge is 2.63. The molecule has 0 bridgehead atoms. The summed E-state index contributed by atoms with van der Waals surface area (Å²) in [6, 6.07) is 0.250. The molecule has 0 radical (unpaired) electrons. The fraction of sp³-hybridized carbons (Fsp3) is 0.929. The standard InChI is InChI=1S/C14H26N2O2.ClH/c1-5-18-11-8-14(15,13(11,3)4)12(17)16-9(2)10-6-7-10;/h9-11H,5-8,15H2,1-4H3,(H,16,17);1H. The first-order chi connectivity index (χ1) is 8.33. The fourth-order valence-electron chi connectivity index (χ4n) is 2.87. The lowest BCUT2D eigenvalue weighted by Crippen LogP contribution is -2.76. The van der Waals surface area contributed by atoms with Crippen LogP contribution in [0.25, 0.3) is 0 Å². The molecule has 0 heterocycles. The SMILES string of the molecule is CCOC1CC(N)(C(=O)NC(C)C2CC2)C1(C)C.Cl. The average Bonchev–Trinajstić information content (AvgIpc) is 3.12. The molecule has 2 aliphatic carbocycles. The lowest BCUT2D eigenvalue weighted by atomic mass is 9.54. The van der Waals surface area contributed by atoms with E-state index < -0.39 is 5.54 Å². The van der Waals surface area contributed by atoms with Gasteiger partial charge in [-0.25, -0.2) is 0 Å². The summed E-state index contributed by atoms with van der Waals surface area (Å²) in [5.74, 6) is 0.645. The number of nitrogens with two attached hydrogens (primary N) is 1. The van der Waals surface area contributed by atoms with Crippen LogP contribution in [0.5, 0.6) is 0 Å². The highest BCUT2D eigenvalue weighted by Crippen LogP contribution is 2.50. The minimum atomic E-state index is -0.782. The van der Waals surface area contributed by atoms with E-state index in [1.54, 1.807) is 0 Å². The molecule has 2 saturated carbocycles. The van der Waals surface area contributed by atoms with Crippen LogP contribution in [0, 0.1) is 11.3 Å². The molecule has 0 aliphatic heterocycles. The maximum Gasteiger partial charge on any atom is 0.241 e. The van der Waals surface area contributed by atoms with Crippen LogP contribution < -0.4 is 11.1 Å². The first-order valence-electron chi connectivity index (χ1n) is 7.04. The lowest BCUT2D eigenvalue weighted by molar-refractivity contribution is -0.171. The van der Waals surface area contributed by atoms with Gasteiger partial charge >= 0.3 is 0 Å². The van der Waals surface area contributed by atoms with E-state index in [9.17, 15) is 4.79 Å². The predicted molar refractivity (Wildman–Crippen MR) is 78.3 cm³/mol. The number of carbonyl (C=O) groups excluding carboxylic acids is 1. The summed E-state index contributed by atoms with van der Waals surface area (Å²) in [4.78, 5) is 12.4. The van der Waals surface area contributed by atoms with Gasteiger partial charge < -0.3 is 15.8 Å². The average molecular weight is 291 g/mol. The molecule has 0 aromatic carbocycles. The van der Waals surface area contributed by atoms with Crippen molar-refractivity contribution >= 4 is 18.3 Å². The van der Waals surface area contributed by atoms with Gasteiger partial charge in [-0.2, -0.15) is 0 Å². The Morgan fingerprint density at radius 1 is 1.47 bits per heavy atom. The molecule has 4 nitrogen and oxygen atoms in total. The Hall–Kier alpha value is -0.320. The van der Waals surface area contributed by atoms with Crippen molar-refractivity contribution in [3.63, 3.8) is 0 Å². The number of nitrogens with one attached hydrogen (secondary N) is 1. The van der Waals surface area contributed by atoms with Crippen molar-refractivity contribution in [1.82, 2.24) is 5.32 Å². The molecule has 2 aliphatic rings. The van der Waals surface area contributed by atoms with E-state index in [0.29, 0.717) is 18.9 Å². The molecule has 0 aromatic rings. The van der Waals surface area contributed by atoms with Gasteiger partial charge in [0, 0.05) is 24.5 Å². The van der Waals surface area contributed by atoms with Gasteiger partial charge in [0.25, 0.3) is 0 Å². The molecular formula is C14H27ClN2O2. The second-order valence-corrected chi connectivity index (χ2v) is 6.44. The summed E-state index contributed by atoms with van der Waals surface area (Å²) in [5, 5.41) is 3.08. The Kier molecular flexibility index (Phi) is 4.92. The van der Waals surface area contributed by atoms with Gasteiger partial charge in [-0.1, -0.05) is 13.8 Å². The molecule has 112 valence electrons. The van der Waals surface area contributed by atoms with E-state index in [0.717, 1.165) is 0 Å². The van der Waals surface area contributed by atoms with Crippen molar-refractivity contribution in [2.45, 2.75) is 64.6 Å². The summed E-state index contributed by atoms with van der Waals surface area (Å²) >= 11 is 0. The monoisotopic (exact) mass is 290 g/mol. The van der Waals surface area contributed by atoms with Gasteiger partial charge in [-0.15, -0.1) is 12.4 Å². The third-order valence-corrected chi connectivity index (χ3v) is 4.92. The molecule has 0 aromatic heterocycles. The molecule has 3 unspecified atom stereocenters. The van der Waals surface area contributed by atoms with Gasteiger partial charge in [-0.05, 0) is 32.6 Å². The van der Waals surface area contributed by atoms with Gasteiger partial charge in [0.15, 0.2) is 0 Å². The summed E-state index contributed by atoms with van der Waals surface area (Å²) in [7, 11) is 0. The van der Waals surface area contributed by atoms with Crippen LogP contribution in [-0.4, -0.2) is 30.2 Å². The molecule has 1 amide bonds. The Morgan fingerprint density at radius 2 is 2.05 bits per heavy atom. The number of hydrogen-bond donors (Lipinski definition) is 2. The third-order valence-electron chi connectivity index (χ3n) is 4.92. The van der Waals surface area contributed by atoms with Crippen LogP contribution in [0.4, 0.5) is 0 Å². The Labute approximate surface area is 122 Å². The van der Waals surface area contributed by atoms with Crippen molar-refractivity contribution < 1.29 is 9.53 Å². The van der Waals surface area contributed by atoms with E-state index in [1.165, 1.54) is 12.8 Å². The van der Waals surface area contributed by atoms with Crippen molar-refractivity contribution in [2.24, 2.45) is 17.1 Å². The first kappa shape index (κ1) is 16.7. The lowest BCUT2D eigenvalue weighted by Gasteiger charge is -2.57. The Balaban J connectivity index is 0.00000180. The topological polar surface area (TPSA) is 64.3 Å². The van der Waals surface area contributed by atoms with E-state index in [2.05, 4.69) is 12.2 Å². The second-order valence-electron chi connectivity index (χ2n) is 6.44. The number of rotatable bonds is 5. The van der Waals surface area contributed by atoms with Crippen molar-refractivity contribution in [3.05, 3.63) is 0 Å². The number of ether oxygens (including phenoxy) is 1. The maximum absolute atomic E-state index is 12.4. The number of carbonyl (C=O) groups is 1. The van der Waals surface area contributed by atoms with Crippen LogP contribution in [0.2, 0.25) is 0 Å². The summed E-state index contributed by atoms with van der Waals surface area (Å²) in [6.07, 6.45) is 3.17. The third kappa shape index (κ3) is 2.76. The highest BCUT2D eigenvalue weighted by atomic mass is 35.5. The van der Waals surface area contributed by atoms with Crippen LogP contribution in [0.15, 0.2) is 0 Å². The quantitative estimate of drug-likeness (QED) is 0.812. The maximum atomic E-state index is 12.4. The number of amides is 1.